The molecule has 8 nitrogen and oxygen atoms in total. The number of carbonyl (C=O) groups excluding carboxylic acids is 3. The number of nitro benzene ring substituents is 1. The van der Waals surface area contributed by atoms with Crippen LogP contribution in [0.2, 0.25) is 0 Å². The van der Waals surface area contributed by atoms with Crippen LogP contribution in [-0.4, -0.2) is 40.6 Å². The minimum Gasteiger partial charge on any atom is -0.351 e. The van der Waals surface area contributed by atoms with Crippen molar-refractivity contribution in [2.75, 3.05) is 13.1 Å². The maximum absolute atomic E-state index is 12.1. The van der Waals surface area contributed by atoms with E-state index in [0.717, 1.165) is 17.0 Å². The van der Waals surface area contributed by atoms with Gasteiger partial charge < -0.3 is 5.32 Å². The lowest BCUT2D eigenvalue weighted by Gasteiger charge is -2.12. The molecule has 1 aromatic rings. The summed E-state index contributed by atoms with van der Waals surface area (Å²) < 4.78 is 0. The van der Waals surface area contributed by atoms with Crippen LogP contribution in [0.3, 0.4) is 0 Å². The van der Waals surface area contributed by atoms with Crippen molar-refractivity contribution in [3.8, 4) is 0 Å². The van der Waals surface area contributed by atoms with Crippen molar-refractivity contribution in [2.45, 2.75) is 0 Å². The van der Waals surface area contributed by atoms with Gasteiger partial charge >= 0.3 is 0 Å². The Hall–Kier alpha value is -3.03. The van der Waals surface area contributed by atoms with Gasteiger partial charge in [-0.1, -0.05) is 6.08 Å². The molecule has 0 saturated carbocycles. The Kier molecular flexibility index (Phi) is 3.79. The highest BCUT2D eigenvalue weighted by Gasteiger charge is 2.37. The molecule has 3 amide bonds. The van der Waals surface area contributed by atoms with Crippen LogP contribution in [0.15, 0.2) is 30.9 Å². The van der Waals surface area contributed by atoms with Crippen molar-refractivity contribution in [2.24, 2.45) is 0 Å². The van der Waals surface area contributed by atoms with Gasteiger partial charge in [0.2, 0.25) is 5.91 Å². The Morgan fingerprint density at radius 3 is 2.62 bits per heavy atom. The monoisotopic (exact) mass is 289 g/mol. The molecule has 0 spiro atoms. The highest BCUT2D eigenvalue weighted by Crippen LogP contribution is 2.26. The molecule has 1 N–H and O–H groups in total. The Bertz CT molecular complexity index is 668. The van der Waals surface area contributed by atoms with Gasteiger partial charge in [-0.3, -0.25) is 29.4 Å². The minimum atomic E-state index is -0.715. The molecule has 0 aromatic heterocycles. The first-order chi connectivity index (χ1) is 9.95. The molecule has 0 aliphatic carbocycles. The molecule has 0 bridgehead atoms. The van der Waals surface area contributed by atoms with E-state index in [1.54, 1.807) is 0 Å². The van der Waals surface area contributed by atoms with Gasteiger partial charge in [0, 0.05) is 18.7 Å². The second-order valence-corrected chi connectivity index (χ2v) is 4.28. The highest BCUT2D eigenvalue weighted by atomic mass is 16.6. The van der Waals surface area contributed by atoms with Crippen LogP contribution in [0.1, 0.15) is 20.7 Å². The summed E-state index contributed by atoms with van der Waals surface area (Å²) in [5, 5.41) is 13.1. The average molecular weight is 289 g/mol. The van der Waals surface area contributed by atoms with Crippen LogP contribution < -0.4 is 5.32 Å². The fraction of sp³-hybridized carbons (Fsp3) is 0.154. The lowest BCUT2D eigenvalue weighted by atomic mass is 10.1. The van der Waals surface area contributed by atoms with Gasteiger partial charge in [-0.25, -0.2) is 0 Å². The molecule has 2 rings (SSSR count). The third-order valence-corrected chi connectivity index (χ3v) is 2.91. The predicted octanol–water partition coefficient (Wildman–Crippen LogP) is 0.493. The van der Waals surface area contributed by atoms with E-state index >= 15 is 0 Å². The minimum absolute atomic E-state index is 0.0575. The van der Waals surface area contributed by atoms with Gasteiger partial charge in [-0.2, -0.15) is 0 Å². The summed E-state index contributed by atoms with van der Waals surface area (Å²) in [6, 6.07) is 3.40. The summed E-state index contributed by atoms with van der Waals surface area (Å²) in [4.78, 5) is 46.5. The highest BCUT2D eigenvalue weighted by molar-refractivity contribution is 6.22. The smallest absolute Gasteiger partial charge is 0.270 e. The molecular weight excluding hydrogens is 278 g/mol. The number of carbonyl (C=O) groups is 3. The third kappa shape index (κ3) is 2.64. The van der Waals surface area contributed by atoms with Crippen LogP contribution in [0.5, 0.6) is 0 Å². The zero-order valence-corrected chi connectivity index (χ0v) is 10.9. The molecule has 1 aromatic carbocycles. The average Bonchev–Trinajstić information content (AvgIpc) is 2.69. The number of imide groups is 1. The van der Waals surface area contributed by atoms with Crippen LogP contribution >= 0.6 is 0 Å². The number of nitrogens with zero attached hydrogens (tertiary/aromatic N) is 2. The van der Waals surface area contributed by atoms with Crippen molar-refractivity contribution in [1.82, 2.24) is 10.2 Å². The van der Waals surface area contributed by atoms with E-state index < -0.39 is 29.2 Å². The number of rotatable bonds is 5. The number of benzene rings is 1. The number of nitro groups is 1. The van der Waals surface area contributed by atoms with Crippen molar-refractivity contribution in [3.05, 3.63) is 52.1 Å². The van der Waals surface area contributed by atoms with E-state index in [-0.39, 0.29) is 23.4 Å². The summed E-state index contributed by atoms with van der Waals surface area (Å²) in [5.41, 5.74) is -0.291. The fourth-order valence-corrected chi connectivity index (χ4v) is 1.92. The zero-order valence-electron chi connectivity index (χ0n) is 10.9. The maximum atomic E-state index is 12.1. The summed E-state index contributed by atoms with van der Waals surface area (Å²) in [7, 11) is 0. The molecule has 1 aliphatic rings. The van der Waals surface area contributed by atoms with Crippen LogP contribution in [0.25, 0.3) is 0 Å². The van der Waals surface area contributed by atoms with Crippen molar-refractivity contribution < 1.29 is 19.3 Å². The van der Waals surface area contributed by atoms with E-state index in [9.17, 15) is 24.5 Å². The Balaban J connectivity index is 2.23. The van der Waals surface area contributed by atoms with Crippen molar-refractivity contribution in [1.29, 1.82) is 0 Å². The van der Waals surface area contributed by atoms with E-state index in [4.69, 9.17) is 0 Å². The maximum Gasteiger partial charge on any atom is 0.270 e. The van der Waals surface area contributed by atoms with E-state index in [0.29, 0.717) is 0 Å². The number of hydrogen-bond donors (Lipinski definition) is 1. The molecule has 8 heteroatoms. The SMILES string of the molecule is C=CCNC(=O)CN1C(=O)c2ccc([N+](=O)[O-])cc2C1=O. The Labute approximate surface area is 119 Å². The molecule has 21 heavy (non-hydrogen) atoms. The number of fused-ring (bicyclic) bond motifs is 1. The summed E-state index contributed by atoms with van der Waals surface area (Å²) >= 11 is 0. The second-order valence-electron chi connectivity index (χ2n) is 4.28. The molecule has 1 heterocycles. The Morgan fingerprint density at radius 2 is 2.00 bits per heavy atom. The fourth-order valence-electron chi connectivity index (χ4n) is 1.92. The van der Waals surface area contributed by atoms with Gasteiger partial charge in [0.15, 0.2) is 0 Å². The van der Waals surface area contributed by atoms with Gasteiger partial charge in [-0.05, 0) is 6.07 Å². The second kappa shape index (κ2) is 5.53. The standard InChI is InChI=1S/C13H11N3O5/c1-2-5-14-11(17)7-15-12(18)9-4-3-8(16(20)21)6-10(9)13(15)19/h2-4,6H,1,5,7H2,(H,14,17). The first-order valence-electron chi connectivity index (χ1n) is 5.98. The van der Waals surface area contributed by atoms with Gasteiger partial charge in [0.25, 0.3) is 17.5 Å². The molecule has 108 valence electrons. The van der Waals surface area contributed by atoms with Crippen molar-refractivity contribution >= 4 is 23.4 Å². The topological polar surface area (TPSA) is 110 Å². The molecule has 0 saturated heterocycles. The summed E-state index contributed by atoms with van der Waals surface area (Å²) in [6.45, 7) is 3.21. The quantitative estimate of drug-likeness (QED) is 0.367. The lowest BCUT2D eigenvalue weighted by Crippen LogP contribution is -2.40. The third-order valence-electron chi connectivity index (χ3n) is 2.91. The zero-order chi connectivity index (χ0) is 15.6. The molecule has 0 fully saturated rings. The van der Waals surface area contributed by atoms with Crippen LogP contribution in [0.4, 0.5) is 5.69 Å². The predicted molar refractivity (Wildman–Crippen MR) is 71.7 cm³/mol. The number of amides is 3. The Morgan fingerprint density at radius 1 is 1.33 bits per heavy atom. The van der Waals surface area contributed by atoms with E-state index in [1.807, 2.05) is 0 Å². The summed E-state index contributed by atoms with van der Waals surface area (Å²) in [5.74, 6) is -1.87. The van der Waals surface area contributed by atoms with Crippen molar-refractivity contribution in [3.63, 3.8) is 0 Å². The van der Waals surface area contributed by atoms with Crippen LogP contribution in [-0.2, 0) is 4.79 Å². The molecule has 0 unspecified atom stereocenters. The number of hydrogen-bond acceptors (Lipinski definition) is 5. The first-order valence-corrected chi connectivity index (χ1v) is 5.98. The molecule has 0 radical (unpaired) electrons. The van der Waals surface area contributed by atoms with E-state index in [1.165, 1.54) is 12.1 Å². The molecule has 0 atom stereocenters. The molecular formula is C13H11N3O5. The van der Waals surface area contributed by atoms with E-state index in [2.05, 4.69) is 11.9 Å². The van der Waals surface area contributed by atoms with Gasteiger partial charge in [-0.15, -0.1) is 6.58 Å². The lowest BCUT2D eigenvalue weighted by molar-refractivity contribution is -0.384. The number of nitrogens with one attached hydrogen (secondary N) is 1. The first kappa shape index (κ1) is 14.4. The number of non-ortho nitro benzene ring substituents is 1. The summed E-state index contributed by atoms with van der Waals surface area (Å²) in [6.07, 6.45) is 1.46. The van der Waals surface area contributed by atoms with Crippen LogP contribution in [0, 0.1) is 10.1 Å². The largest absolute Gasteiger partial charge is 0.351 e. The normalized spacial score (nSPS) is 13.0. The molecule has 1 aliphatic heterocycles. The van der Waals surface area contributed by atoms with Gasteiger partial charge in [0.05, 0.1) is 16.1 Å². The van der Waals surface area contributed by atoms with Gasteiger partial charge in [0.1, 0.15) is 6.54 Å².